The summed E-state index contributed by atoms with van der Waals surface area (Å²) >= 11 is 3.65. The number of nitrogens with zero attached hydrogens (tertiary/aromatic N) is 3. The van der Waals surface area contributed by atoms with E-state index in [1.807, 2.05) is 11.8 Å². The third-order valence-corrected chi connectivity index (χ3v) is 4.30. The van der Waals surface area contributed by atoms with Crippen molar-refractivity contribution in [2.75, 3.05) is 23.8 Å². The molecule has 2 heterocycles. The molecule has 2 aromatic heterocycles. The van der Waals surface area contributed by atoms with Crippen LogP contribution in [0, 0.1) is 0 Å². The summed E-state index contributed by atoms with van der Waals surface area (Å²) in [6.45, 7) is 0.762. The standard InChI is InChI=1S/C10H15N5S2/c11-2-5-16-3-1-4-17-10-8-9(13-6-12-8)14-7-15-10/h6-7H,1-5,11H2,(H,12,13,14,15). The van der Waals surface area contributed by atoms with Crippen LogP contribution in [0.4, 0.5) is 0 Å². The molecular weight excluding hydrogens is 254 g/mol. The second-order valence-electron chi connectivity index (χ2n) is 3.38. The van der Waals surface area contributed by atoms with Crippen molar-refractivity contribution in [1.29, 1.82) is 0 Å². The van der Waals surface area contributed by atoms with Gasteiger partial charge in [-0.1, -0.05) is 0 Å². The van der Waals surface area contributed by atoms with Gasteiger partial charge in [0.2, 0.25) is 0 Å². The minimum atomic E-state index is 0.736. The van der Waals surface area contributed by atoms with Crippen molar-refractivity contribution in [3.05, 3.63) is 12.7 Å². The molecule has 3 N–H and O–H groups in total. The summed E-state index contributed by atoms with van der Waals surface area (Å²) in [5, 5.41) is 0.983. The highest BCUT2D eigenvalue weighted by Gasteiger charge is 2.05. The van der Waals surface area contributed by atoms with Crippen molar-refractivity contribution in [2.45, 2.75) is 11.4 Å². The van der Waals surface area contributed by atoms with Crippen LogP contribution in [-0.4, -0.2) is 43.7 Å². The average Bonchev–Trinajstić information content (AvgIpc) is 2.82. The number of hydrogen-bond donors (Lipinski definition) is 2. The van der Waals surface area contributed by atoms with Gasteiger partial charge in [-0.3, -0.25) is 0 Å². The number of nitrogens with one attached hydrogen (secondary N) is 1. The molecule has 2 aromatic rings. The summed E-state index contributed by atoms with van der Waals surface area (Å²) in [5.74, 6) is 3.26. The van der Waals surface area contributed by atoms with Crippen LogP contribution in [0.5, 0.6) is 0 Å². The third-order valence-electron chi connectivity index (χ3n) is 2.12. The molecule has 17 heavy (non-hydrogen) atoms. The largest absolute Gasteiger partial charge is 0.341 e. The fourth-order valence-corrected chi connectivity index (χ4v) is 3.17. The van der Waals surface area contributed by atoms with E-state index in [0.717, 1.165) is 46.4 Å². The van der Waals surface area contributed by atoms with Gasteiger partial charge >= 0.3 is 0 Å². The molecule has 2 rings (SSSR count). The molecule has 0 spiro atoms. The maximum atomic E-state index is 5.43. The molecule has 0 bridgehead atoms. The van der Waals surface area contributed by atoms with Crippen LogP contribution in [0.2, 0.25) is 0 Å². The average molecular weight is 269 g/mol. The number of H-pyrrole nitrogens is 1. The second-order valence-corrected chi connectivity index (χ2v) is 5.69. The molecule has 92 valence electrons. The van der Waals surface area contributed by atoms with Crippen LogP contribution >= 0.6 is 23.5 Å². The summed E-state index contributed by atoms with van der Waals surface area (Å²) < 4.78 is 0. The van der Waals surface area contributed by atoms with E-state index >= 15 is 0 Å². The van der Waals surface area contributed by atoms with E-state index in [9.17, 15) is 0 Å². The Morgan fingerprint density at radius 2 is 2.12 bits per heavy atom. The van der Waals surface area contributed by atoms with E-state index in [1.165, 1.54) is 0 Å². The molecule has 0 atom stereocenters. The first-order chi connectivity index (χ1) is 8.42. The lowest BCUT2D eigenvalue weighted by Crippen LogP contribution is -2.01. The lowest BCUT2D eigenvalue weighted by molar-refractivity contribution is 1.07. The minimum absolute atomic E-state index is 0.736. The molecule has 7 heteroatoms. The molecule has 0 aliphatic carbocycles. The maximum absolute atomic E-state index is 5.43. The van der Waals surface area contributed by atoms with Crippen molar-refractivity contribution in [2.24, 2.45) is 5.73 Å². The van der Waals surface area contributed by atoms with Crippen LogP contribution in [0.3, 0.4) is 0 Å². The van der Waals surface area contributed by atoms with E-state index in [4.69, 9.17) is 5.73 Å². The highest BCUT2D eigenvalue weighted by Crippen LogP contribution is 2.22. The monoisotopic (exact) mass is 269 g/mol. The summed E-state index contributed by atoms with van der Waals surface area (Å²) in [6.07, 6.45) is 4.38. The van der Waals surface area contributed by atoms with E-state index < -0.39 is 0 Å². The fourth-order valence-electron chi connectivity index (χ4n) is 1.37. The van der Waals surface area contributed by atoms with Crippen molar-refractivity contribution in [1.82, 2.24) is 19.9 Å². The Hall–Kier alpha value is -0.790. The lowest BCUT2D eigenvalue weighted by atomic mass is 10.6. The number of nitrogens with two attached hydrogens (primary N) is 1. The van der Waals surface area contributed by atoms with Crippen molar-refractivity contribution in [3.8, 4) is 0 Å². The number of rotatable bonds is 7. The number of imidazole rings is 1. The molecule has 5 nitrogen and oxygen atoms in total. The zero-order chi connectivity index (χ0) is 11.9. The number of aromatic nitrogens is 4. The molecule has 0 amide bonds. The first-order valence-electron chi connectivity index (χ1n) is 5.46. The van der Waals surface area contributed by atoms with Gasteiger partial charge < -0.3 is 10.7 Å². The van der Waals surface area contributed by atoms with Crippen LogP contribution < -0.4 is 5.73 Å². The van der Waals surface area contributed by atoms with Gasteiger partial charge in [0, 0.05) is 18.1 Å². The summed E-state index contributed by atoms with van der Waals surface area (Å²) in [5.41, 5.74) is 7.10. The molecule has 0 aliphatic rings. The molecule has 0 aliphatic heterocycles. The molecule has 0 unspecified atom stereocenters. The van der Waals surface area contributed by atoms with Gasteiger partial charge in [0.15, 0.2) is 5.65 Å². The number of hydrogen-bond acceptors (Lipinski definition) is 6. The van der Waals surface area contributed by atoms with Crippen molar-refractivity contribution in [3.63, 3.8) is 0 Å². The van der Waals surface area contributed by atoms with Gasteiger partial charge in [-0.05, 0) is 12.2 Å². The zero-order valence-corrected chi connectivity index (χ0v) is 11.1. The minimum Gasteiger partial charge on any atom is -0.341 e. The van der Waals surface area contributed by atoms with E-state index in [-0.39, 0.29) is 0 Å². The predicted octanol–water partition coefficient (Wildman–Crippen LogP) is 1.53. The van der Waals surface area contributed by atoms with Crippen molar-refractivity contribution >= 4 is 34.7 Å². The number of thioether (sulfide) groups is 2. The Bertz CT molecular complexity index is 459. The Morgan fingerprint density at radius 3 is 3.00 bits per heavy atom. The van der Waals surface area contributed by atoms with E-state index in [0.29, 0.717) is 0 Å². The fraction of sp³-hybridized carbons (Fsp3) is 0.500. The van der Waals surface area contributed by atoms with Crippen molar-refractivity contribution < 1.29 is 0 Å². The van der Waals surface area contributed by atoms with Gasteiger partial charge in [0.25, 0.3) is 0 Å². The summed E-state index contributed by atoms with van der Waals surface area (Å²) in [6, 6.07) is 0. The lowest BCUT2D eigenvalue weighted by Gasteiger charge is -2.01. The first kappa shape index (κ1) is 12.7. The topological polar surface area (TPSA) is 80.5 Å². The normalized spacial score (nSPS) is 11.1. The smallest absolute Gasteiger partial charge is 0.181 e. The maximum Gasteiger partial charge on any atom is 0.181 e. The van der Waals surface area contributed by atoms with Gasteiger partial charge in [-0.2, -0.15) is 11.8 Å². The van der Waals surface area contributed by atoms with Crippen LogP contribution in [0.25, 0.3) is 11.2 Å². The number of fused-ring (bicyclic) bond motifs is 1. The molecule has 0 radical (unpaired) electrons. The van der Waals surface area contributed by atoms with E-state index in [1.54, 1.807) is 24.4 Å². The van der Waals surface area contributed by atoms with Gasteiger partial charge in [-0.15, -0.1) is 11.8 Å². The quantitative estimate of drug-likeness (QED) is 0.451. The molecule has 0 aromatic carbocycles. The van der Waals surface area contributed by atoms with Gasteiger partial charge in [0.1, 0.15) is 16.9 Å². The predicted molar refractivity (Wildman–Crippen MR) is 73.4 cm³/mol. The zero-order valence-electron chi connectivity index (χ0n) is 9.43. The summed E-state index contributed by atoms with van der Waals surface area (Å²) in [7, 11) is 0. The van der Waals surface area contributed by atoms with Gasteiger partial charge in [0.05, 0.1) is 6.33 Å². The molecular formula is C10H15N5S2. The van der Waals surface area contributed by atoms with E-state index in [2.05, 4.69) is 19.9 Å². The molecule has 0 fully saturated rings. The van der Waals surface area contributed by atoms with Crippen LogP contribution in [0.15, 0.2) is 17.7 Å². The Morgan fingerprint density at radius 1 is 1.18 bits per heavy atom. The Kier molecular flexibility index (Phi) is 5.08. The first-order valence-corrected chi connectivity index (χ1v) is 7.60. The SMILES string of the molecule is NCCSCCCSc1ncnc2nc[nH]c12. The Balaban J connectivity index is 1.80. The van der Waals surface area contributed by atoms with Crippen LogP contribution in [0.1, 0.15) is 6.42 Å². The van der Waals surface area contributed by atoms with Crippen LogP contribution in [-0.2, 0) is 0 Å². The third kappa shape index (κ3) is 3.58. The summed E-state index contributed by atoms with van der Waals surface area (Å²) in [4.78, 5) is 15.5. The highest BCUT2D eigenvalue weighted by molar-refractivity contribution is 8.00. The second kappa shape index (κ2) is 6.83. The highest BCUT2D eigenvalue weighted by atomic mass is 32.2. The molecule has 0 saturated heterocycles. The molecule has 0 saturated carbocycles. The Labute approximate surface area is 108 Å². The number of aromatic amines is 1. The van der Waals surface area contributed by atoms with Gasteiger partial charge in [-0.25, -0.2) is 15.0 Å².